The molecule has 0 heterocycles. The van der Waals surface area contributed by atoms with Crippen molar-refractivity contribution >= 4 is 10.4 Å². The van der Waals surface area contributed by atoms with Crippen LogP contribution < -0.4 is 0 Å². The van der Waals surface area contributed by atoms with Gasteiger partial charge in [-0.25, -0.2) is 8.37 Å². The topological polar surface area (TPSA) is 93.1 Å². The van der Waals surface area contributed by atoms with E-state index in [2.05, 4.69) is 8.37 Å². The lowest BCUT2D eigenvalue weighted by Gasteiger charge is -2.04. The standard InChI is InChI=1S/C8H18O6S/c9-5-1-3-7-13-15(11,12)14-8-4-2-6-10/h9-10H,1-8H2. The summed E-state index contributed by atoms with van der Waals surface area (Å²) in [4.78, 5) is 0. The first-order valence-electron chi connectivity index (χ1n) is 4.88. The van der Waals surface area contributed by atoms with Crippen molar-refractivity contribution in [2.24, 2.45) is 0 Å². The molecule has 2 N–H and O–H groups in total. The molecule has 0 atom stereocenters. The number of rotatable bonds is 10. The summed E-state index contributed by atoms with van der Waals surface area (Å²) in [5.41, 5.74) is 0. The molecule has 0 aliphatic heterocycles. The quantitative estimate of drug-likeness (QED) is 0.516. The molecule has 0 radical (unpaired) electrons. The second-order valence-electron chi connectivity index (χ2n) is 2.91. The van der Waals surface area contributed by atoms with Crippen molar-refractivity contribution in [2.75, 3.05) is 26.4 Å². The predicted octanol–water partition coefficient (Wildman–Crippen LogP) is -0.191. The molecular formula is C8H18O6S. The third-order valence-electron chi connectivity index (χ3n) is 1.56. The largest absolute Gasteiger partial charge is 0.399 e. The van der Waals surface area contributed by atoms with E-state index in [1.165, 1.54) is 0 Å². The summed E-state index contributed by atoms with van der Waals surface area (Å²) in [5, 5.41) is 16.9. The fourth-order valence-electron chi connectivity index (χ4n) is 0.784. The second-order valence-corrected chi connectivity index (χ2v) is 4.20. The van der Waals surface area contributed by atoms with Crippen molar-refractivity contribution in [3.63, 3.8) is 0 Å². The number of hydrogen-bond donors (Lipinski definition) is 2. The van der Waals surface area contributed by atoms with Gasteiger partial charge in [-0.05, 0) is 25.7 Å². The van der Waals surface area contributed by atoms with Gasteiger partial charge in [0.05, 0.1) is 13.2 Å². The molecule has 0 amide bonds. The molecule has 0 aromatic heterocycles. The van der Waals surface area contributed by atoms with Gasteiger partial charge in [0, 0.05) is 13.2 Å². The van der Waals surface area contributed by atoms with Crippen molar-refractivity contribution in [1.29, 1.82) is 0 Å². The summed E-state index contributed by atoms with van der Waals surface area (Å²) in [6, 6.07) is 0. The van der Waals surface area contributed by atoms with Crippen LogP contribution in [0.5, 0.6) is 0 Å². The molecular weight excluding hydrogens is 224 g/mol. The number of hydrogen-bond acceptors (Lipinski definition) is 6. The zero-order valence-electron chi connectivity index (χ0n) is 8.59. The zero-order chi connectivity index (χ0) is 11.6. The first-order valence-corrected chi connectivity index (χ1v) is 6.21. The van der Waals surface area contributed by atoms with Gasteiger partial charge in [-0.15, -0.1) is 0 Å². The van der Waals surface area contributed by atoms with Crippen LogP contribution in [0.1, 0.15) is 25.7 Å². The maximum absolute atomic E-state index is 11.0. The van der Waals surface area contributed by atoms with E-state index >= 15 is 0 Å². The van der Waals surface area contributed by atoms with Crippen LogP contribution in [0.3, 0.4) is 0 Å². The molecule has 0 fully saturated rings. The van der Waals surface area contributed by atoms with Gasteiger partial charge in [0.2, 0.25) is 0 Å². The molecule has 92 valence electrons. The third kappa shape index (κ3) is 10.1. The normalized spacial score (nSPS) is 11.9. The van der Waals surface area contributed by atoms with E-state index in [0.29, 0.717) is 25.7 Å². The van der Waals surface area contributed by atoms with Crippen LogP contribution in [0.25, 0.3) is 0 Å². The van der Waals surface area contributed by atoms with E-state index in [0.717, 1.165) is 0 Å². The molecule has 0 aromatic carbocycles. The van der Waals surface area contributed by atoms with E-state index in [1.54, 1.807) is 0 Å². The Morgan fingerprint density at radius 3 is 1.53 bits per heavy atom. The van der Waals surface area contributed by atoms with Gasteiger partial charge in [0.15, 0.2) is 0 Å². The van der Waals surface area contributed by atoms with Crippen molar-refractivity contribution in [2.45, 2.75) is 25.7 Å². The Kier molecular flexibility index (Phi) is 8.92. The molecule has 0 unspecified atom stereocenters. The van der Waals surface area contributed by atoms with E-state index < -0.39 is 10.4 Å². The average molecular weight is 242 g/mol. The van der Waals surface area contributed by atoms with E-state index in [4.69, 9.17) is 10.2 Å². The maximum Gasteiger partial charge on any atom is 0.399 e. The average Bonchev–Trinajstić information content (AvgIpc) is 2.20. The summed E-state index contributed by atoms with van der Waals surface area (Å²) >= 11 is 0. The molecule has 0 bridgehead atoms. The number of aliphatic hydroxyl groups excluding tert-OH is 2. The Morgan fingerprint density at radius 1 is 0.800 bits per heavy atom. The molecule has 15 heavy (non-hydrogen) atoms. The first kappa shape index (κ1) is 14.8. The molecule has 6 nitrogen and oxygen atoms in total. The van der Waals surface area contributed by atoms with Crippen LogP contribution in [0.2, 0.25) is 0 Å². The molecule has 0 aliphatic carbocycles. The smallest absolute Gasteiger partial charge is 0.396 e. The minimum atomic E-state index is -3.91. The zero-order valence-corrected chi connectivity index (χ0v) is 9.41. The molecule has 7 heteroatoms. The summed E-state index contributed by atoms with van der Waals surface area (Å²) < 4.78 is 31.0. The monoisotopic (exact) mass is 242 g/mol. The van der Waals surface area contributed by atoms with Crippen molar-refractivity contribution < 1.29 is 27.0 Å². The maximum atomic E-state index is 11.0. The van der Waals surface area contributed by atoms with E-state index in [-0.39, 0.29) is 26.4 Å². The van der Waals surface area contributed by atoms with Gasteiger partial charge >= 0.3 is 10.4 Å². The van der Waals surface area contributed by atoms with Crippen LogP contribution in [0.4, 0.5) is 0 Å². The Balaban J connectivity index is 3.50. The molecule has 0 aromatic rings. The highest BCUT2D eigenvalue weighted by Gasteiger charge is 2.10. The fraction of sp³-hybridized carbons (Fsp3) is 1.00. The van der Waals surface area contributed by atoms with Crippen molar-refractivity contribution in [1.82, 2.24) is 0 Å². The Morgan fingerprint density at radius 2 is 1.20 bits per heavy atom. The summed E-state index contributed by atoms with van der Waals surface area (Å²) in [6.45, 7) is 0.0628. The summed E-state index contributed by atoms with van der Waals surface area (Å²) in [6.07, 6.45) is 1.94. The lowest BCUT2D eigenvalue weighted by Crippen LogP contribution is -2.12. The number of aliphatic hydroxyl groups is 2. The van der Waals surface area contributed by atoms with Crippen molar-refractivity contribution in [3.05, 3.63) is 0 Å². The second kappa shape index (κ2) is 9.05. The molecule has 0 saturated carbocycles. The molecule has 0 saturated heterocycles. The fourth-order valence-corrected chi connectivity index (χ4v) is 1.50. The third-order valence-corrected chi connectivity index (χ3v) is 2.47. The van der Waals surface area contributed by atoms with Gasteiger partial charge in [-0.2, -0.15) is 8.42 Å². The highest BCUT2D eigenvalue weighted by atomic mass is 32.3. The van der Waals surface area contributed by atoms with Gasteiger partial charge in [-0.1, -0.05) is 0 Å². The number of unbranched alkanes of at least 4 members (excludes halogenated alkanes) is 2. The first-order chi connectivity index (χ1) is 7.12. The van der Waals surface area contributed by atoms with Crippen LogP contribution in [-0.4, -0.2) is 45.1 Å². The summed E-state index contributed by atoms with van der Waals surface area (Å²) in [5.74, 6) is 0. The van der Waals surface area contributed by atoms with Gasteiger partial charge < -0.3 is 10.2 Å². The Bertz CT molecular complexity index is 207. The van der Waals surface area contributed by atoms with Crippen LogP contribution in [-0.2, 0) is 18.8 Å². The highest BCUT2D eigenvalue weighted by molar-refractivity contribution is 7.81. The molecule has 0 spiro atoms. The predicted molar refractivity (Wildman–Crippen MR) is 53.5 cm³/mol. The molecule has 0 aliphatic rings. The molecule has 0 rings (SSSR count). The Labute approximate surface area is 90.2 Å². The minimum absolute atomic E-state index is 0.0146. The van der Waals surface area contributed by atoms with Gasteiger partial charge in [0.1, 0.15) is 0 Å². The van der Waals surface area contributed by atoms with Crippen molar-refractivity contribution in [3.8, 4) is 0 Å². The minimum Gasteiger partial charge on any atom is -0.396 e. The van der Waals surface area contributed by atoms with Gasteiger partial charge in [0.25, 0.3) is 0 Å². The lowest BCUT2D eigenvalue weighted by atomic mass is 10.3. The van der Waals surface area contributed by atoms with Crippen LogP contribution in [0.15, 0.2) is 0 Å². The van der Waals surface area contributed by atoms with E-state index in [1.807, 2.05) is 0 Å². The van der Waals surface area contributed by atoms with Crippen LogP contribution >= 0.6 is 0 Å². The van der Waals surface area contributed by atoms with Crippen LogP contribution in [0, 0.1) is 0 Å². The highest BCUT2D eigenvalue weighted by Crippen LogP contribution is 2.00. The van der Waals surface area contributed by atoms with E-state index in [9.17, 15) is 8.42 Å². The SMILES string of the molecule is O=S(=O)(OCCCCO)OCCCCO. The summed E-state index contributed by atoms with van der Waals surface area (Å²) in [7, 11) is -3.91. The Hall–Kier alpha value is -0.210. The van der Waals surface area contributed by atoms with Gasteiger partial charge in [-0.3, -0.25) is 0 Å². The lowest BCUT2D eigenvalue weighted by molar-refractivity contribution is 0.195.